The van der Waals surface area contributed by atoms with Gasteiger partial charge < -0.3 is 16.8 Å². The Labute approximate surface area is 116 Å². The van der Waals surface area contributed by atoms with Gasteiger partial charge in [0.2, 0.25) is 0 Å². The Bertz CT molecular complexity index is 508. The Morgan fingerprint density at radius 2 is 2.05 bits per heavy atom. The highest BCUT2D eigenvalue weighted by Gasteiger charge is 2.37. The summed E-state index contributed by atoms with van der Waals surface area (Å²) in [7, 11) is 0. The Kier molecular flexibility index (Phi) is 3.19. The van der Waals surface area contributed by atoms with Crippen LogP contribution in [0.25, 0.3) is 0 Å². The molecule has 2 unspecified atom stereocenters. The third-order valence-corrected chi connectivity index (χ3v) is 4.59. The molecule has 0 saturated carbocycles. The lowest BCUT2D eigenvalue weighted by atomic mass is 10.1. The summed E-state index contributed by atoms with van der Waals surface area (Å²) in [6.45, 7) is 2.20. The Morgan fingerprint density at radius 1 is 1.26 bits per heavy atom. The van der Waals surface area contributed by atoms with Crippen LogP contribution in [0.4, 0.5) is 21.5 Å². The van der Waals surface area contributed by atoms with Crippen LogP contribution < -0.4 is 16.8 Å². The molecule has 104 valence electrons. The smallest absolute Gasteiger partial charge is 0.169 e. The van der Waals surface area contributed by atoms with Crippen LogP contribution in [0.15, 0.2) is 6.07 Å². The van der Waals surface area contributed by atoms with Crippen LogP contribution in [0.2, 0.25) is 5.02 Å². The maximum atomic E-state index is 14.2. The normalized spacial score (nSPS) is 26.6. The van der Waals surface area contributed by atoms with E-state index in [1.54, 1.807) is 0 Å². The van der Waals surface area contributed by atoms with Crippen molar-refractivity contribution in [2.45, 2.75) is 31.3 Å². The van der Waals surface area contributed by atoms with E-state index in [1.165, 1.54) is 12.5 Å². The summed E-state index contributed by atoms with van der Waals surface area (Å²) in [5.41, 5.74) is 12.2. The van der Waals surface area contributed by atoms with Crippen LogP contribution in [-0.4, -0.2) is 30.1 Å². The first kappa shape index (κ1) is 12.8. The highest BCUT2D eigenvalue weighted by Crippen LogP contribution is 2.37. The molecule has 2 aliphatic rings. The molecule has 5 N–H and O–H groups in total. The van der Waals surface area contributed by atoms with Gasteiger partial charge in [-0.05, 0) is 31.9 Å². The number of nitrogens with one attached hydrogen (secondary N) is 1. The molecule has 0 aromatic heterocycles. The molecule has 0 aliphatic carbocycles. The zero-order valence-electron chi connectivity index (χ0n) is 10.6. The predicted molar refractivity (Wildman–Crippen MR) is 76.9 cm³/mol. The molecule has 2 aliphatic heterocycles. The summed E-state index contributed by atoms with van der Waals surface area (Å²) >= 11 is 5.85. The van der Waals surface area contributed by atoms with Crippen molar-refractivity contribution < 1.29 is 4.39 Å². The Balaban J connectivity index is 1.86. The van der Waals surface area contributed by atoms with Crippen LogP contribution >= 0.6 is 11.6 Å². The molecule has 19 heavy (non-hydrogen) atoms. The van der Waals surface area contributed by atoms with E-state index in [9.17, 15) is 4.39 Å². The molecule has 2 saturated heterocycles. The average molecular weight is 285 g/mol. The Morgan fingerprint density at radius 3 is 2.84 bits per heavy atom. The largest absolute Gasteiger partial charge is 0.397 e. The van der Waals surface area contributed by atoms with Crippen molar-refractivity contribution >= 4 is 28.7 Å². The van der Waals surface area contributed by atoms with Gasteiger partial charge in [0.25, 0.3) is 0 Å². The van der Waals surface area contributed by atoms with E-state index in [4.69, 9.17) is 23.1 Å². The summed E-state index contributed by atoms with van der Waals surface area (Å²) in [6, 6.07) is 2.23. The molecule has 2 heterocycles. The van der Waals surface area contributed by atoms with Crippen molar-refractivity contribution in [3.05, 3.63) is 16.9 Å². The number of hydrogen-bond acceptors (Lipinski definition) is 4. The van der Waals surface area contributed by atoms with Crippen LogP contribution in [-0.2, 0) is 0 Å². The Hall–Kier alpha value is -1.20. The number of benzene rings is 1. The quantitative estimate of drug-likeness (QED) is 0.729. The van der Waals surface area contributed by atoms with E-state index in [0.29, 0.717) is 11.7 Å². The molecule has 0 spiro atoms. The summed E-state index contributed by atoms with van der Waals surface area (Å²) in [5.74, 6) is -0.546. The van der Waals surface area contributed by atoms with Crippen LogP contribution in [0.5, 0.6) is 0 Å². The monoisotopic (exact) mass is 284 g/mol. The topological polar surface area (TPSA) is 67.3 Å². The number of nitrogens with two attached hydrogens (primary N) is 2. The lowest BCUT2D eigenvalue weighted by Crippen LogP contribution is -2.34. The van der Waals surface area contributed by atoms with Crippen molar-refractivity contribution in [3.63, 3.8) is 0 Å². The van der Waals surface area contributed by atoms with Gasteiger partial charge >= 0.3 is 0 Å². The van der Waals surface area contributed by atoms with E-state index in [2.05, 4.69) is 10.2 Å². The second kappa shape index (κ2) is 4.72. The molecule has 2 fully saturated rings. The van der Waals surface area contributed by atoms with E-state index in [-0.39, 0.29) is 22.4 Å². The summed E-state index contributed by atoms with van der Waals surface area (Å²) in [6.07, 6.45) is 3.37. The minimum absolute atomic E-state index is 0.0574. The molecule has 3 rings (SSSR count). The van der Waals surface area contributed by atoms with Gasteiger partial charge in [0.05, 0.1) is 17.1 Å². The highest BCUT2D eigenvalue weighted by atomic mass is 35.5. The number of nitrogen functional groups attached to an aromatic ring is 2. The van der Waals surface area contributed by atoms with Crippen molar-refractivity contribution in [1.29, 1.82) is 0 Å². The van der Waals surface area contributed by atoms with Gasteiger partial charge in [-0.3, -0.25) is 4.90 Å². The van der Waals surface area contributed by atoms with Crippen molar-refractivity contribution in [2.75, 3.05) is 29.9 Å². The maximum Gasteiger partial charge on any atom is 0.169 e. The second-order valence-corrected chi connectivity index (χ2v) is 5.72. The fraction of sp³-hybridized carbons (Fsp3) is 0.538. The van der Waals surface area contributed by atoms with Gasteiger partial charge in [-0.2, -0.15) is 0 Å². The lowest BCUT2D eigenvalue weighted by Gasteiger charge is -2.23. The minimum Gasteiger partial charge on any atom is -0.397 e. The van der Waals surface area contributed by atoms with Crippen LogP contribution in [0.3, 0.4) is 0 Å². The van der Waals surface area contributed by atoms with Gasteiger partial charge in [0, 0.05) is 18.6 Å². The molecule has 0 radical (unpaired) electrons. The molecule has 0 amide bonds. The molecule has 4 nitrogen and oxygen atoms in total. The predicted octanol–water partition coefficient (Wildman–Crippen LogP) is 2.29. The second-order valence-electron chi connectivity index (χ2n) is 5.34. The van der Waals surface area contributed by atoms with Crippen molar-refractivity contribution in [3.8, 4) is 0 Å². The standard InChI is InChI=1S/C13H18ClFN4/c14-11-7(16)6-8(17)13(12(11)15)18-9-3-5-19-4-1-2-10(9)19/h6,9-10,18H,1-5,16-17H2. The molecule has 1 aromatic carbocycles. The van der Waals surface area contributed by atoms with E-state index >= 15 is 0 Å². The number of rotatable bonds is 2. The van der Waals surface area contributed by atoms with Gasteiger partial charge in [0.15, 0.2) is 5.82 Å². The summed E-state index contributed by atoms with van der Waals surface area (Å²) < 4.78 is 14.2. The highest BCUT2D eigenvalue weighted by molar-refractivity contribution is 6.33. The summed E-state index contributed by atoms with van der Waals surface area (Å²) in [5, 5.41) is 3.18. The van der Waals surface area contributed by atoms with E-state index in [0.717, 1.165) is 25.9 Å². The maximum absolute atomic E-state index is 14.2. The van der Waals surface area contributed by atoms with Crippen molar-refractivity contribution in [2.24, 2.45) is 0 Å². The number of hydrogen-bond donors (Lipinski definition) is 3. The third-order valence-electron chi connectivity index (χ3n) is 4.20. The fourth-order valence-electron chi connectivity index (χ4n) is 3.25. The first-order valence-electron chi connectivity index (χ1n) is 6.61. The van der Waals surface area contributed by atoms with Gasteiger partial charge in [-0.25, -0.2) is 4.39 Å². The van der Waals surface area contributed by atoms with Gasteiger partial charge in [-0.1, -0.05) is 11.6 Å². The molecule has 1 aromatic rings. The van der Waals surface area contributed by atoms with E-state index < -0.39 is 5.82 Å². The number of halogens is 2. The van der Waals surface area contributed by atoms with Gasteiger partial charge in [0.1, 0.15) is 5.02 Å². The number of nitrogens with zero attached hydrogens (tertiary/aromatic N) is 1. The molecule has 6 heteroatoms. The van der Waals surface area contributed by atoms with Gasteiger partial charge in [-0.15, -0.1) is 0 Å². The molecular formula is C13H18ClFN4. The first-order valence-corrected chi connectivity index (χ1v) is 6.99. The van der Waals surface area contributed by atoms with E-state index in [1.807, 2.05) is 0 Å². The van der Waals surface area contributed by atoms with Crippen LogP contribution in [0.1, 0.15) is 19.3 Å². The minimum atomic E-state index is -0.546. The molecule has 2 atom stereocenters. The zero-order valence-corrected chi connectivity index (χ0v) is 11.4. The average Bonchev–Trinajstić information content (AvgIpc) is 2.96. The lowest BCUT2D eigenvalue weighted by molar-refractivity contribution is 0.318. The van der Waals surface area contributed by atoms with Crippen LogP contribution in [0, 0.1) is 5.82 Å². The summed E-state index contributed by atoms with van der Waals surface area (Å²) in [4.78, 5) is 2.45. The molecular weight excluding hydrogens is 267 g/mol. The first-order chi connectivity index (χ1) is 9.08. The fourth-order valence-corrected chi connectivity index (χ4v) is 3.40. The number of fused-ring (bicyclic) bond motifs is 1. The molecule has 0 bridgehead atoms. The SMILES string of the molecule is Nc1cc(N)c(NC2CCN3CCCC23)c(F)c1Cl. The zero-order chi connectivity index (χ0) is 13.6. The van der Waals surface area contributed by atoms with Crippen molar-refractivity contribution in [1.82, 2.24) is 4.90 Å². The number of anilines is 3. The third kappa shape index (κ3) is 2.11.